The Morgan fingerprint density at radius 3 is 2.62 bits per heavy atom. The summed E-state index contributed by atoms with van der Waals surface area (Å²) in [5, 5.41) is 0. The predicted octanol–water partition coefficient (Wildman–Crippen LogP) is 1.98. The molecule has 0 aromatic heterocycles. The molecule has 0 aromatic carbocycles. The zero-order chi connectivity index (χ0) is 9.26. The minimum absolute atomic E-state index is 0.299. The van der Waals surface area contributed by atoms with Crippen molar-refractivity contribution in [3.05, 3.63) is 0 Å². The molecule has 2 heteroatoms. The van der Waals surface area contributed by atoms with Crippen LogP contribution in [0.25, 0.3) is 0 Å². The Bertz CT molecular complexity index is 198. The molecule has 0 spiro atoms. The highest BCUT2D eigenvalue weighted by molar-refractivity contribution is 5.86. The molecule has 0 radical (unpaired) electrons. The number of carbonyl (C=O) groups is 1. The third-order valence-electron chi connectivity index (χ3n) is 3.17. The highest BCUT2D eigenvalue weighted by Gasteiger charge is 2.38. The Morgan fingerprint density at radius 1 is 1.38 bits per heavy atom. The van der Waals surface area contributed by atoms with Crippen LogP contribution in [0, 0.1) is 0 Å². The van der Waals surface area contributed by atoms with Gasteiger partial charge in [-0.05, 0) is 38.6 Å². The minimum atomic E-state index is 0.299. The maximum absolute atomic E-state index is 11.6. The van der Waals surface area contributed by atoms with Crippen LogP contribution in [0.1, 0.15) is 45.4 Å². The molecule has 0 aromatic rings. The average Bonchev–Trinajstić information content (AvgIpc) is 2.86. The second-order valence-corrected chi connectivity index (χ2v) is 4.34. The van der Waals surface area contributed by atoms with Gasteiger partial charge in [0.2, 0.25) is 0 Å². The first-order valence-electron chi connectivity index (χ1n) is 5.61. The standard InChI is InChI=1S/C11H19NO/c1-2-8-12(9-6-7-9)10-4-3-5-11(10)13/h9-10H,2-8H2,1H3. The fourth-order valence-corrected chi connectivity index (χ4v) is 2.41. The van der Waals surface area contributed by atoms with E-state index in [9.17, 15) is 4.79 Å². The summed E-state index contributed by atoms with van der Waals surface area (Å²) < 4.78 is 0. The van der Waals surface area contributed by atoms with E-state index in [2.05, 4.69) is 11.8 Å². The molecule has 13 heavy (non-hydrogen) atoms. The number of hydrogen-bond donors (Lipinski definition) is 0. The third kappa shape index (κ3) is 1.93. The first-order chi connectivity index (χ1) is 6.33. The Hall–Kier alpha value is -0.370. The smallest absolute Gasteiger partial charge is 0.149 e. The van der Waals surface area contributed by atoms with E-state index in [1.54, 1.807) is 0 Å². The fraction of sp³-hybridized carbons (Fsp3) is 0.909. The number of Topliss-reactive ketones (excluding diaryl/α,β-unsaturated/α-hetero) is 1. The Labute approximate surface area is 80.3 Å². The molecule has 1 unspecified atom stereocenters. The van der Waals surface area contributed by atoms with E-state index < -0.39 is 0 Å². The van der Waals surface area contributed by atoms with Crippen molar-refractivity contribution in [3.8, 4) is 0 Å². The van der Waals surface area contributed by atoms with Gasteiger partial charge in [0.25, 0.3) is 0 Å². The zero-order valence-electron chi connectivity index (χ0n) is 8.46. The van der Waals surface area contributed by atoms with E-state index in [1.807, 2.05) is 0 Å². The van der Waals surface area contributed by atoms with Gasteiger partial charge >= 0.3 is 0 Å². The Morgan fingerprint density at radius 2 is 2.15 bits per heavy atom. The van der Waals surface area contributed by atoms with Crippen LogP contribution in [0.5, 0.6) is 0 Å². The monoisotopic (exact) mass is 181 g/mol. The van der Waals surface area contributed by atoms with Crippen LogP contribution in [0.4, 0.5) is 0 Å². The molecule has 0 heterocycles. The van der Waals surface area contributed by atoms with Gasteiger partial charge in [-0.1, -0.05) is 6.92 Å². The van der Waals surface area contributed by atoms with Crippen LogP contribution in [0.3, 0.4) is 0 Å². The molecule has 2 rings (SSSR count). The summed E-state index contributed by atoms with van der Waals surface area (Å²) >= 11 is 0. The molecular weight excluding hydrogens is 162 g/mol. The van der Waals surface area contributed by atoms with Gasteiger partial charge < -0.3 is 0 Å². The van der Waals surface area contributed by atoms with Crippen LogP contribution < -0.4 is 0 Å². The third-order valence-corrected chi connectivity index (χ3v) is 3.17. The molecule has 2 saturated carbocycles. The highest BCUT2D eigenvalue weighted by atomic mass is 16.1. The van der Waals surface area contributed by atoms with Crippen molar-refractivity contribution in [2.45, 2.75) is 57.5 Å². The maximum atomic E-state index is 11.6. The van der Waals surface area contributed by atoms with Crippen molar-refractivity contribution in [1.29, 1.82) is 0 Å². The van der Waals surface area contributed by atoms with E-state index in [-0.39, 0.29) is 0 Å². The lowest BCUT2D eigenvalue weighted by molar-refractivity contribution is -0.122. The van der Waals surface area contributed by atoms with Crippen molar-refractivity contribution in [2.75, 3.05) is 6.54 Å². The summed E-state index contributed by atoms with van der Waals surface area (Å²) in [6.45, 7) is 3.33. The van der Waals surface area contributed by atoms with Crippen molar-refractivity contribution >= 4 is 5.78 Å². The van der Waals surface area contributed by atoms with E-state index in [1.165, 1.54) is 19.3 Å². The first kappa shape index (κ1) is 9.20. The Kier molecular flexibility index (Phi) is 2.68. The molecule has 1 atom stereocenters. The van der Waals surface area contributed by atoms with Crippen LogP contribution in [-0.4, -0.2) is 29.3 Å². The molecule has 2 nitrogen and oxygen atoms in total. The molecule has 0 aliphatic heterocycles. The number of nitrogens with zero attached hydrogens (tertiary/aromatic N) is 1. The van der Waals surface area contributed by atoms with Gasteiger partial charge in [-0.2, -0.15) is 0 Å². The number of rotatable bonds is 4. The van der Waals surface area contributed by atoms with Crippen molar-refractivity contribution < 1.29 is 4.79 Å². The number of carbonyl (C=O) groups excluding carboxylic acids is 1. The first-order valence-corrected chi connectivity index (χ1v) is 5.61. The van der Waals surface area contributed by atoms with Crippen molar-refractivity contribution in [2.24, 2.45) is 0 Å². The van der Waals surface area contributed by atoms with E-state index in [0.717, 1.165) is 31.8 Å². The topological polar surface area (TPSA) is 20.3 Å². The summed E-state index contributed by atoms with van der Waals surface area (Å²) in [4.78, 5) is 14.0. The molecular formula is C11H19NO. The molecule has 2 fully saturated rings. The van der Waals surface area contributed by atoms with Gasteiger partial charge in [-0.25, -0.2) is 0 Å². The molecule has 0 saturated heterocycles. The Balaban J connectivity index is 1.96. The largest absolute Gasteiger partial charge is 0.298 e. The molecule has 2 aliphatic carbocycles. The van der Waals surface area contributed by atoms with Gasteiger partial charge in [0, 0.05) is 12.5 Å². The number of ketones is 1. The summed E-state index contributed by atoms with van der Waals surface area (Å²) in [7, 11) is 0. The fourth-order valence-electron chi connectivity index (χ4n) is 2.41. The minimum Gasteiger partial charge on any atom is -0.298 e. The lowest BCUT2D eigenvalue weighted by Crippen LogP contribution is -2.40. The van der Waals surface area contributed by atoms with Crippen molar-refractivity contribution in [1.82, 2.24) is 4.90 Å². The van der Waals surface area contributed by atoms with E-state index in [0.29, 0.717) is 11.8 Å². The van der Waals surface area contributed by atoms with Gasteiger partial charge in [0.05, 0.1) is 6.04 Å². The van der Waals surface area contributed by atoms with Crippen LogP contribution in [0.2, 0.25) is 0 Å². The molecule has 0 N–H and O–H groups in total. The lowest BCUT2D eigenvalue weighted by atomic mass is 10.2. The van der Waals surface area contributed by atoms with Gasteiger partial charge in [0.15, 0.2) is 0 Å². The van der Waals surface area contributed by atoms with Gasteiger partial charge in [-0.3, -0.25) is 9.69 Å². The molecule has 2 aliphatic rings. The molecule has 0 bridgehead atoms. The summed E-state index contributed by atoms with van der Waals surface area (Å²) in [6, 6.07) is 1.06. The van der Waals surface area contributed by atoms with Crippen LogP contribution >= 0.6 is 0 Å². The normalized spacial score (nSPS) is 28.8. The number of hydrogen-bond acceptors (Lipinski definition) is 2. The zero-order valence-corrected chi connectivity index (χ0v) is 8.46. The van der Waals surface area contributed by atoms with Crippen LogP contribution in [-0.2, 0) is 4.79 Å². The van der Waals surface area contributed by atoms with Gasteiger partial charge in [-0.15, -0.1) is 0 Å². The second-order valence-electron chi connectivity index (χ2n) is 4.34. The quantitative estimate of drug-likeness (QED) is 0.661. The van der Waals surface area contributed by atoms with E-state index >= 15 is 0 Å². The molecule has 0 amide bonds. The maximum Gasteiger partial charge on any atom is 0.149 e. The average molecular weight is 181 g/mol. The van der Waals surface area contributed by atoms with Crippen molar-refractivity contribution in [3.63, 3.8) is 0 Å². The summed E-state index contributed by atoms with van der Waals surface area (Å²) in [5.74, 6) is 0.500. The highest BCUT2D eigenvalue weighted by Crippen LogP contribution is 2.32. The van der Waals surface area contributed by atoms with Gasteiger partial charge in [0.1, 0.15) is 5.78 Å². The van der Waals surface area contributed by atoms with E-state index in [4.69, 9.17) is 0 Å². The SMILES string of the molecule is CCCN(C1CC1)C1CCCC1=O. The summed E-state index contributed by atoms with van der Waals surface area (Å²) in [5.41, 5.74) is 0. The molecule has 74 valence electrons. The predicted molar refractivity (Wildman–Crippen MR) is 52.7 cm³/mol. The summed E-state index contributed by atoms with van der Waals surface area (Å²) in [6.07, 6.45) is 6.90. The second kappa shape index (κ2) is 3.79. The lowest BCUT2D eigenvalue weighted by Gasteiger charge is -2.26. The van der Waals surface area contributed by atoms with Crippen LogP contribution in [0.15, 0.2) is 0 Å².